The number of aromatic nitrogens is 2. The third-order valence-corrected chi connectivity index (χ3v) is 6.88. The summed E-state index contributed by atoms with van der Waals surface area (Å²) in [5.74, 6) is 0.0669. The fourth-order valence-electron chi connectivity index (χ4n) is 3.98. The van der Waals surface area contributed by atoms with E-state index in [1.165, 1.54) is 32.7 Å². The van der Waals surface area contributed by atoms with Gasteiger partial charge in [-0.1, -0.05) is 13.0 Å². The Labute approximate surface area is 195 Å². The first kappa shape index (κ1) is 22.5. The molecule has 5 rings (SSSR count). The van der Waals surface area contributed by atoms with Crippen molar-refractivity contribution < 1.29 is 9.13 Å². The Balaban J connectivity index is 0.00000245. The first-order valence-corrected chi connectivity index (χ1v) is 11.2. The van der Waals surface area contributed by atoms with Crippen molar-refractivity contribution in [2.24, 2.45) is 0 Å². The molecule has 0 unspecified atom stereocenters. The van der Waals surface area contributed by atoms with E-state index in [0.717, 1.165) is 37.9 Å². The lowest BCUT2D eigenvalue weighted by atomic mass is 10.0. The van der Waals surface area contributed by atoms with Crippen molar-refractivity contribution in [2.45, 2.75) is 26.5 Å². The number of rotatable bonds is 5. The third kappa shape index (κ3) is 4.41. The molecule has 0 fully saturated rings. The van der Waals surface area contributed by atoms with Crippen molar-refractivity contribution in [3.63, 3.8) is 0 Å². The summed E-state index contributed by atoms with van der Waals surface area (Å²) in [7, 11) is 0. The number of halogens is 2. The van der Waals surface area contributed by atoms with Gasteiger partial charge in [0.1, 0.15) is 18.2 Å². The van der Waals surface area contributed by atoms with Crippen molar-refractivity contribution in [1.82, 2.24) is 14.5 Å². The highest BCUT2D eigenvalue weighted by atomic mass is 35.5. The van der Waals surface area contributed by atoms with E-state index in [2.05, 4.69) is 28.9 Å². The van der Waals surface area contributed by atoms with Crippen LogP contribution in [0, 0.1) is 5.82 Å². The zero-order valence-electron chi connectivity index (χ0n) is 17.6. The highest BCUT2D eigenvalue weighted by molar-refractivity contribution is 7.19. The molecular formula is C24H23ClFN3O2S. The van der Waals surface area contributed by atoms with E-state index in [-0.39, 0.29) is 24.6 Å². The van der Waals surface area contributed by atoms with E-state index in [0.29, 0.717) is 11.4 Å². The van der Waals surface area contributed by atoms with Crippen LogP contribution in [0.1, 0.15) is 23.1 Å². The topological polar surface area (TPSA) is 47.4 Å². The minimum Gasteiger partial charge on any atom is -0.487 e. The molecule has 0 aliphatic carbocycles. The predicted molar refractivity (Wildman–Crippen MR) is 128 cm³/mol. The van der Waals surface area contributed by atoms with Gasteiger partial charge in [0.15, 0.2) is 0 Å². The molecule has 1 aliphatic rings. The first-order valence-electron chi connectivity index (χ1n) is 10.3. The first-order chi connectivity index (χ1) is 15.1. The Hall–Kier alpha value is -2.74. The number of pyridine rings is 2. The second-order valence-electron chi connectivity index (χ2n) is 7.63. The normalized spacial score (nSPS) is 13.6. The van der Waals surface area contributed by atoms with Crippen LogP contribution in [0.5, 0.6) is 5.75 Å². The smallest absolute Gasteiger partial charge is 0.258 e. The minimum atomic E-state index is -0.391. The van der Waals surface area contributed by atoms with Gasteiger partial charge >= 0.3 is 0 Å². The number of nitrogens with zero attached hydrogens (tertiary/aromatic N) is 3. The molecule has 5 nitrogen and oxygen atoms in total. The fourth-order valence-corrected chi connectivity index (χ4v) is 5.30. The Kier molecular flexibility index (Phi) is 6.60. The quantitative estimate of drug-likeness (QED) is 0.412. The summed E-state index contributed by atoms with van der Waals surface area (Å²) in [6, 6.07) is 12.4. The van der Waals surface area contributed by atoms with Crippen molar-refractivity contribution in [3.8, 4) is 11.4 Å². The van der Waals surface area contributed by atoms with Gasteiger partial charge < -0.3 is 4.74 Å². The fraction of sp³-hybridized carbons (Fsp3) is 0.250. The van der Waals surface area contributed by atoms with Crippen LogP contribution in [0.4, 0.5) is 4.39 Å². The molecule has 0 saturated heterocycles. The molecule has 1 aromatic carbocycles. The standard InChI is InChI=1S/C24H22FN3O2S.ClH/c1-2-27-9-8-21-20-6-5-18(11-22(20)31-23(21)14-27)28-10-7-19(12-24(28)29)30-15-17-4-3-16(25)13-26-17;/h3-7,10-13H,2,8-9,14-15H2,1H3;1H. The van der Waals surface area contributed by atoms with E-state index in [9.17, 15) is 9.18 Å². The molecule has 0 bridgehead atoms. The lowest BCUT2D eigenvalue weighted by molar-refractivity contribution is 0.272. The average molecular weight is 472 g/mol. The Morgan fingerprint density at radius 2 is 2.06 bits per heavy atom. The maximum Gasteiger partial charge on any atom is 0.258 e. The van der Waals surface area contributed by atoms with E-state index in [1.807, 2.05) is 17.4 Å². The molecule has 32 heavy (non-hydrogen) atoms. The van der Waals surface area contributed by atoms with Gasteiger partial charge in [0.05, 0.1) is 17.6 Å². The number of likely N-dealkylation sites (N-methyl/N-ethyl adjacent to an activating group) is 1. The summed E-state index contributed by atoms with van der Waals surface area (Å²) < 4.78 is 21.4. The molecule has 0 saturated carbocycles. The van der Waals surface area contributed by atoms with Crippen LogP contribution >= 0.6 is 23.7 Å². The van der Waals surface area contributed by atoms with Gasteiger partial charge in [-0.05, 0) is 54.2 Å². The lowest BCUT2D eigenvalue weighted by Gasteiger charge is -2.25. The second-order valence-corrected chi connectivity index (χ2v) is 8.77. The van der Waals surface area contributed by atoms with Crippen LogP contribution in [0.15, 0.2) is 59.7 Å². The molecule has 4 heterocycles. The van der Waals surface area contributed by atoms with Gasteiger partial charge in [-0.15, -0.1) is 23.7 Å². The monoisotopic (exact) mass is 471 g/mol. The molecular weight excluding hydrogens is 449 g/mol. The van der Waals surface area contributed by atoms with Crippen LogP contribution in [0.25, 0.3) is 15.8 Å². The Bertz CT molecular complexity index is 1300. The predicted octanol–water partition coefficient (Wildman–Crippen LogP) is 4.97. The van der Waals surface area contributed by atoms with Gasteiger partial charge in [-0.2, -0.15) is 0 Å². The molecule has 3 aromatic heterocycles. The summed E-state index contributed by atoms with van der Waals surface area (Å²) in [5, 5.41) is 1.30. The van der Waals surface area contributed by atoms with Gasteiger partial charge in [0, 0.05) is 34.9 Å². The molecule has 8 heteroatoms. The van der Waals surface area contributed by atoms with E-state index < -0.39 is 5.82 Å². The molecule has 0 radical (unpaired) electrons. The Morgan fingerprint density at radius 1 is 1.19 bits per heavy atom. The third-order valence-electron chi connectivity index (χ3n) is 5.70. The summed E-state index contributed by atoms with van der Waals surface area (Å²) in [5.41, 5.74) is 2.73. The van der Waals surface area contributed by atoms with Crippen molar-refractivity contribution in [1.29, 1.82) is 0 Å². The molecule has 0 N–H and O–H groups in total. The maximum atomic E-state index is 13.0. The average Bonchev–Trinajstić information content (AvgIpc) is 3.15. The van der Waals surface area contributed by atoms with Gasteiger partial charge in [0.25, 0.3) is 5.56 Å². The molecule has 0 spiro atoms. The summed E-state index contributed by atoms with van der Waals surface area (Å²) in [6.07, 6.45) is 3.95. The molecule has 0 atom stereocenters. The zero-order chi connectivity index (χ0) is 21.4. The van der Waals surface area contributed by atoms with Crippen LogP contribution in [-0.4, -0.2) is 27.5 Å². The second kappa shape index (κ2) is 9.40. The number of hydrogen-bond acceptors (Lipinski definition) is 5. The zero-order valence-corrected chi connectivity index (χ0v) is 19.2. The van der Waals surface area contributed by atoms with Crippen molar-refractivity contribution in [3.05, 3.63) is 87.2 Å². The van der Waals surface area contributed by atoms with Gasteiger partial charge in [-0.3, -0.25) is 19.2 Å². The molecule has 1 aliphatic heterocycles. The highest BCUT2D eigenvalue weighted by Gasteiger charge is 2.20. The SMILES string of the molecule is CCN1CCc2c(sc3cc(-n4ccc(OCc5ccc(F)cn5)cc4=O)ccc23)C1.Cl. The van der Waals surface area contributed by atoms with Crippen LogP contribution in [0.2, 0.25) is 0 Å². The highest BCUT2D eigenvalue weighted by Crippen LogP contribution is 2.36. The molecule has 4 aromatic rings. The van der Waals surface area contributed by atoms with Gasteiger partial charge in [0.2, 0.25) is 0 Å². The van der Waals surface area contributed by atoms with Crippen LogP contribution in [0.3, 0.4) is 0 Å². The van der Waals surface area contributed by atoms with E-state index in [1.54, 1.807) is 22.9 Å². The number of thiophene rings is 1. The number of fused-ring (bicyclic) bond motifs is 3. The van der Waals surface area contributed by atoms with Crippen molar-refractivity contribution in [2.75, 3.05) is 13.1 Å². The minimum absolute atomic E-state index is 0. The number of ether oxygens (including phenoxy) is 1. The lowest BCUT2D eigenvalue weighted by Crippen LogP contribution is -2.29. The van der Waals surface area contributed by atoms with E-state index in [4.69, 9.17) is 4.74 Å². The van der Waals surface area contributed by atoms with Gasteiger partial charge in [-0.25, -0.2) is 4.39 Å². The summed E-state index contributed by atoms with van der Waals surface area (Å²) in [6.45, 7) is 5.55. The van der Waals surface area contributed by atoms with Crippen LogP contribution < -0.4 is 10.3 Å². The summed E-state index contributed by atoms with van der Waals surface area (Å²) >= 11 is 1.83. The largest absolute Gasteiger partial charge is 0.487 e. The maximum absolute atomic E-state index is 13.0. The molecule has 0 amide bonds. The summed E-state index contributed by atoms with van der Waals surface area (Å²) in [4.78, 5) is 20.6. The van der Waals surface area contributed by atoms with E-state index >= 15 is 0 Å². The Morgan fingerprint density at radius 3 is 2.81 bits per heavy atom. The number of benzene rings is 1. The van der Waals surface area contributed by atoms with Crippen molar-refractivity contribution >= 4 is 33.8 Å². The number of hydrogen-bond donors (Lipinski definition) is 0. The molecule has 166 valence electrons. The van der Waals surface area contributed by atoms with Crippen LogP contribution in [-0.2, 0) is 19.6 Å².